The van der Waals surface area contributed by atoms with Crippen molar-refractivity contribution in [1.29, 1.82) is 0 Å². The molecule has 0 amide bonds. The maximum absolute atomic E-state index is 13.6. The number of rotatable bonds is 10. The van der Waals surface area contributed by atoms with E-state index in [1.807, 2.05) is 12.1 Å². The predicted molar refractivity (Wildman–Crippen MR) is 115 cm³/mol. The van der Waals surface area contributed by atoms with Crippen LogP contribution in [0.1, 0.15) is 51.0 Å². The number of nitrogens with zero attached hydrogens (tertiary/aromatic N) is 3. The van der Waals surface area contributed by atoms with Crippen molar-refractivity contribution >= 4 is 11.8 Å². The maximum atomic E-state index is 13.6. The number of aromatic nitrogens is 3. The topological polar surface area (TPSA) is 83.0 Å². The molecule has 1 aliphatic rings. The number of aliphatic hydroxyl groups is 1. The first kappa shape index (κ1) is 22.3. The minimum Gasteiger partial charge on any atom is -0.393 e. The van der Waals surface area contributed by atoms with Crippen molar-refractivity contribution in [1.82, 2.24) is 15.0 Å². The van der Waals surface area contributed by atoms with Crippen molar-refractivity contribution in [3.8, 4) is 11.3 Å². The maximum Gasteiger partial charge on any atom is 0.224 e. The monoisotopic (exact) mass is 419 g/mol. The summed E-state index contributed by atoms with van der Waals surface area (Å²) in [4.78, 5) is 13.4. The molecule has 1 saturated carbocycles. The first-order valence-corrected chi connectivity index (χ1v) is 10.8. The lowest BCUT2D eigenvalue weighted by molar-refractivity contribution is 0.126. The van der Waals surface area contributed by atoms with Gasteiger partial charge in [-0.15, -0.1) is 0 Å². The van der Waals surface area contributed by atoms with Gasteiger partial charge in [0.05, 0.1) is 24.0 Å². The molecule has 0 aromatic carbocycles. The van der Waals surface area contributed by atoms with Gasteiger partial charge in [0.25, 0.3) is 0 Å². The number of nitrogens with one attached hydrogen (secondary N) is 2. The number of hydrogen-bond donors (Lipinski definition) is 3. The standard InChI is InChI=1S/C22H31F2N5O/c1-2-16(24)13-26-22-27-14-19(20-12-15(4-3-10-23)9-11-25-20)21(29-22)28-17-5-7-18(30)8-6-17/h9,11-12,14,16-18,30H,2-8,10,13H2,1H3,(H2,26,27,28,29)/t16-,17-,18-/m0/s1. The average molecular weight is 420 g/mol. The molecule has 0 saturated heterocycles. The van der Waals surface area contributed by atoms with Crippen molar-refractivity contribution in [2.45, 2.75) is 70.2 Å². The van der Waals surface area contributed by atoms with Gasteiger partial charge in [-0.05, 0) is 62.6 Å². The van der Waals surface area contributed by atoms with Crippen LogP contribution in [0.25, 0.3) is 11.3 Å². The molecule has 0 aliphatic heterocycles. The van der Waals surface area contributed by atoms with Gasteiger partial charge in [0.1, 0.15) is 12.0 Å². The van der Waals surface area contributed by atoms with E-state index in [0.717, 1.165) is 36.8 Å². The summed E-state index contributed by atoms with van der Waals surface area (Å²) in [5, 5.41) is 16.2. The molecule has 8 heteroatoms. The van der Waals surface area contributed by atoms with E-state index in [2.05, 4.69) is 25.6 Å². The zero-order chi connectivity index (χ0) is 21.3. The quantitative estimate of drug-likeness (QED) is 0.532. The van der Waals surface area contributed by atoms with Crippen LogP contribution in [0.3, 0.4) is 0 Å². The summed E-state index contributed by atoms with van der Waals surface area (Å²) in [7, 11) is 0. The van der Waals surface area contributed by atoms with Crippen molar-refractivity contribution in [2.24, 2.45) is 0 Å². The van der Waals surface area contributed by atoms with Crippen molar-refractivity contribution in [2.75, 3.05) is 23.9 Å². The smallest absolute Gasteiger partial charge is 0.224 e. The fourth-order valence-electron chi connectivity index (χ4n) is 3.57. The third-order valence-electron chi connectivity index (χ3n) is 5.45. The second-order valence-corrected chi connectivity index (χ2v) is 7.83. The molecule has 1 atom stereocenters. The zero-order valence-electron chi connectivity index (χ0n) is 17.5. The van der Waals surface area contributed by atoms with Gasteiger partial charge in [-0.25, -0.2) is 9.37 Å². The number of anilines is 2. The van der Waals surface area contributed by atoms with Crippen LogP contribution in [0.2, 0.25) is 0 Å². The molecular weight excluding hydrogens is 388 g/mol. The molecule has 0 bridgehead atoms. The van der Waals surface area contributed by atoms with Gasteiger partial charge in [-0.2, -0.15) is 4.98 Å². The summed E-state index contributed by atoms with van der Waals surface area (Å²) in [6, 6.07) is 4.01. The normalized spacial score (nSPS) is 20.0. The van der Waals surface area contributed by atoms with E-state index < -0.39 is 6.17 Å². The Morgan fingerprint density at radius 2 is 2.03 bits per heavy atom. The molecule has 1 aliphatic carbocycles. The molecule has 0 spiro atoms. The average Bonchev–Trinajstić information content (AvgIpc) is 2.78. The van der Waals surface area contributed by atoms with E-state index in [-0.39, 0.29) is 25.4 Å². The SMILES string of the molecule is CC[C@H](F)CNc1ncc(-c2cc(CCCF)ccn2)c(N[C@H]2CC[C@H](O)CC2)n1. The number of pyridine rings is 1. The van der Waals surface area contributed by atoms with Crippen LogP contribution in [-0.2, 0) is 6.42 Å². The molecule has 3 N–H and O–H groups in total. The Kier molecular flexibility index (Phi) is 8.30. The van der Waals surface area contributed by atoms with Gasteiger partial charge in [0.15, 0.2) is 0 Å². The van der Waals surface area contributed by atoms with E-state index in [1.165, 1.54) is 0 Å². The second-order valence-electron chi connectivity index (χ2n) is 7.83. The summed E-state index contributed by atoms with van der Waals surface area (Å²) in [5.74, 6) is 0.998. The molecule has 164 valence electrons. The van der Waals surface area contributed by atoms with Gasteiger partial charge < -0.3 is 15.7 Å². The van der Waals surface area contributed by atoms with Gasteiger partial charge in [-0.3, -0.25) is 9.37 Å². The minimum absolute atomic E-state index is 0.155. The van der Waals surface area contributed by atoms with Gasteiger partial charge in [0, 0.05) is 25.0 Å². The van der Waals surface area contributed by atoms with E-state index in [1.54, 1.807) is 19.3 Å². The minimum atomic E-state index is -0.960. The first-order chi connectivity index (χ1) is 14.6. The van der Waals surface area contributed by atoms with Crippen molar-refractivity contribution in [3.63, 3.8) is 0 Å². The summed E-state index contributed by atoms with van der Waals surface area (Å²) in [5.41, 5.74) is 2.48. The molecule has 3 rings (SSSR count). The van der Waals surface area contributed by atoms with Crippen LogP contribution in [0.4, 0.5) is 20.5 Å². The predicted octanol–water partition coefficient (Wildman–Crippen LogP) is 4.32. The number of hydrogen-bond acceptors (Lipinski definition) is 6. The van der Waals surface area contributed by atoms with Crippen LogP contribution in [0.15, 0.2) is 24.5 Å². The molecule has 6 nitrogen and oxygen atoms in total. The summed E-state index contributed by atoms with van der Waals surface area (Å²) in [6.07, 6.45) is 6.94. The summed E-state index contributed by atoms with van der Waals surface area (Å²) < 4.78 is 26.2. The van der Waals surface area contributed by atoms with E-state index in [4.69, 9.17) is 0 Å². The van der Waals surface area contributed by atoms with Crippen LogP contribution in [0.5, 0.6) is 0 Å². The highest BCUT2D eigenvalue weighted by Gasteiger charge is 2.21. The van der Waals surface area contributed by atoms with Crippen molar-refractivity contribution < 1.29 is 13.9 Å². The Labute approximate surface area is 176 Å². The molecule has 30 heavy (non-hydrogen) atoms. The van der Waals surface area contributed by atoms with Crippen molar-refractivity contribution in [3.05, 3.63) is 30.1 Å². The Balaban J connectivity index is 1.85. The number of aliphatic hydroxyl groups excluding tert-OH is 1. The highest BCUT2D eigenvalue weighted by Crippen LogP contribution is 2.29. The lowest BCUT2D eigenvalue weighted by Crippen LogP contribution is -2.29. The van der Waals surface area contributed by atoms with E-state index >= 15 is 0 Å². The second kappa shape index (κ2) is 11.2. The fraction of sp³-hybridized carbons (Fsp3) is 0.591. The largest absolute Gasteiger partial charge is 0.393 e. The third kappa shape index (κ3) is 6.32. The number of halogens is 2. The Hall–Kier alpha value is -2.35. The molecular formula is C22H31F2N5O. The lowest BCUT2D eigenvalue weighted by Gasteiger charge is -2.27. The summed E-state index contributed by atoms with van der Waals surface area (Å²) in [6.45, 7) is 1.60. The number of alkyl halides is 2. The molecule has 1 fully saturated rings. The van der Waals surface area contributed by atoms with Crippen LogP contribution in [0, 0.1) is 0 Å². The van der Waals surface area contributed by atoms with Gasteiger partial charge in [-0.1, -0.05) is 6.92 Å². The van der Waals surface area contributed by atoms with Crippen LogP contribution < -0.4 is 10.6 Å². The number of aryl methyl sites for hydroxylation is 1. The Morgan fingerprint density at radius 3 is 2.77 bits per heavy atom. The lowest BCUT2D eigenvalue weighted by atomic mass is 9.93. The van der Waals surface area contributed by atoms with Crippen LogP contribution in [-0.4, -0.2) is 51.6 Å². The Bertz CT molecular complexity index is 799. The third-order valence-corrected chi connectivity index (χ3v) is 5.45. The summed E-state index contributed by atoms with van der Waals surface area (Å²) >= 11 is 0. The molecule has 2 heterocycles. The van der Waals surface area contributed by atoms with Gasteiger partial charge in [0.2, 0.25) is 5.95 Å². The molecule has 0 radical (unpaired) electrons. The fourth-order valence-corrected chi connectivity index (χ4v) is 3.57. The Morgan fingerprint density at radius 1 is 1.23 bits per heavy atom. The highest BCUT2D eigenvalue weighted by molar-refractivity contribution is 5.73. The molecule has 0 unspecified atom stereocenters. The molecule has 2 aromatic rings. The van der Waals surface area contributed by atoms with Gasteiger partial charge >= 0.3 is 0 Å². The first-order valence-electron chi connectivity index (χ1n) is 10.8. The highest BCUT2D eigenvalue weighted by atomic mass is 19.1. The zero-order valence-corrected chi connectivity index (χ0v) is 17.5. The van der Waals surface area contributed by atoms with Crippen LogP contribution >= 0.6 is 0 Å². The molecule has 2 aromatic heterocycles. The van der Waals surface area contributed by atoms with E-state index in [0.29, 0.717) is 36.7 Å². The van der Waals surface area contributed by atoms with E-state index in [9.17, 15) is 13.9 Å².